The van der Waals surface area contributed by atoms with E-state index in [4.69, 9.17) is 5.73 Å². The van der Waals surface area contributed by atoms with Gasteiger partial charge in [-0.1, -0.05) is 12.1 Å². The van der Waals surface area contributed by atoms with Crippen LogP contribution in [0, 0.1) is 0 Å². The van der Waals surface area contributed by atoms with Crippen LogP contribution in [0.1, 0.15) is 16.8 Å². The van der Waals surface area contributed by atoms with Crippen LogP contribution < -0.4 is 5.73 Å². The number of nitrogens with two attached hydrogens (primary N) is 1. The number of hydrogen-bond donors (Lipinski definition) is 1. The van der Waals surface area contributed by atoms with E-state index in [-0.39, 0.29) is 23.9 Å². The minimum absolute atomic E-state index is 0.0205. The minimum atomic E-state index is -4.82. The molecule has 0 fully saturated rings. The van der Waals surface area contributed by atoms with Crippen LogP contribution in [0.4, 0.5) is 26.3 Å². The minimum Gasteiger partial charge on any atom is -0.330 e. The van der Waals surface area contributed by atoms with Gasteiger partial charge in [-0.15, -0.1) is 0 Å². The van der Waals surface area contributed by atoms with Crippen molar-refractivity contribution in [3.05, 3.63) is 41.1 Å². The normalized spacial score (nSPS) is 12.9. The number of halogens is 6. The molecule has 0 atom stereocenters. The van der Waals surface area contributed by atoms with Gasteiger partial charge in [-0.25, -0.2) is 4.98 Å². The number of hydrogen-bond acceptors (Lipinski definition) is 2. The quantitative estimate of drug-likeness (QED) is 0.858. The second-order valence-corrected chi connectivity index (χ2v) is 4.40. The number of benzene rings is 1. The molecule has 0 spiro atoms. The molecule has 1 aromatic heterocycles. The molecule has 0 radical (unpaired) electrons. The summed E-state index contributed by atoms with van der Waals surface area (Å²) in [4.78, 5) is 3.17. The number of fused-ring (bicyclic) bond motifs is 1. The third-order valence-electron chi connectivity index (χ3n) is 2.93. The van der Waals surface area contributed by atoms with Crippen molar-refractivity contribution in [2.75, 3.05) is 6.54 Å². The molecular formula is C13H10F6N2. The van der Waals surface area contributed by atoms with Crippen LogP contribution in [0.2, 0.25) is 0 Å². The van der Waals surface area contributed by atoms with E-state index in [0.29, 0.717) is 6.07 Å². The van der Waals surface area contributed by atoms with Gasteiger partial charge in [-0.3, -0.25) is 0 Å². The molecule has 0 bridgehead atoms. The average molecular weight is 308 g/mol. The monoisotopic (exact) mass is 308 g/mol. The summed E-state index contributed by atoms with van der Waals surface area (Å²) in [5.41, 5.74) is 2.16. The lowest BCUT2D eigenvalue weighted by atomic mass is 10.0. The molecule has 1 aromatic carbocycles. The first-order chi connectivity index (χ1) is 9.64. The Hall–Kier alpha value is -1.83. The van der Waals surface area contributed by atoms with Gasteiger partial charge in [-0.2, -0.15) is 26.3 Å². The van der Waals surface area contributed by atoms with Crippen LogP contribution in [-0.2, 0) is 18.8 Å². The maximum Gasteiger partial charge on any atom is 0.433 e. The molecule has 0 saturated heterocycles. The lowest BCUT2D eigenvalue weighted by molar-refractivity contribution is -0.142. The highest BCUT2D eigenvalue weighted by molar-refractivity contribution is 5.86. The molecule has 0 aliphatic heterocycles. The summed E-state index contributed by atoms with van der Waals surface area (Å²) < 4.78 is 77.1. The van der Waals surface area contributed by atoms with Crippen molar-refractivity contribution in [1.82, 2.24) is 4.98 Å². The predicted molar refractivity (Wildman–Crippen MR) is 64.5 cm³/mol. The molecule has 8 heteroatoms. The fourth-order valence-electron chi connectivity index (χ4n) is 2.05. The Balaban J connectivity index is 2.83. The second kappa shape index (κ2) is 5.18. The standard InChI is InChI=1S/C13H10F6N2/c14-12(15,16)9-3-1-2-8-7(4-5-20)6-10(13(17,18)19)21-11(8)9/h1-3,6H,4-5,20H2. The molecular weight excluding hydrogens is 298 g/mol. The Morgan fingerprint density at radius 1 is 1.00 bits per heavy atom. The van der Waals surface area contributed by atoms with Gasteiger partial charge in [0.05, 0.1) is 11.1 Å². The van der Waals surface area contributed by atoms with E-state index >= 15 is 0 Å². The maximum atomic E-state index is 12.9. The fourth-order valence-corrected chi connectivity index (χ4v) is 2.05. The third-order valence-corrected chi connectivity index (χ3v) is 2.93. The molecule has 2 aromatic rings. The van der Waals surface area contributed by atoms with Gasteiger partial charge >= 0.3 is 12.4 Å². The molecule has 0 aliphatic rings. The summed E-state index contributed by atoms with van der Waals surface area (Å²) in [5.74, 6) is 0. The Kier molecular flexibility index (Phi) is 3.83. The SMILES string of the molecule is NCCc1cc(C(F)(F)F)nc2c(C(F)(F)F)cccc12. The topological polar surface area (TPSA) is 38.9 Å². The summed E-state index contributed by atoms with van der Waals surface area (Å²) in [6, 6.07) is 3.90. The smallest absolute Gasteiger partial charge is 0.330 e. The molecule has 21 heavy (non-hydrogen) atoms. The Bertz CT molecular complexity index is 660. The molecule has 1 heterocycles. The van der Waals surface area contributed by atoms with E-state index in [2.05, 4.69) is 4.98 Å². The zero-order valence-electron chi connectivity index (χ0n) is 10.5. The molecule has 2 nitrogen and oxygen atoms in total. The Morgan fingerprint density at radius 2 is 1.67 bits per heavy atom. The molecule has 0 unspecified atom stereocenters. The summed E-state index contributed by atoms with van der Waals surface area (Å²) in [6.45, 7) is 0.0205. The lowest BCUT2D eigenvalue weighted by Crippen LogP contribution is -2.14. The summed E-state index contributed by atoms with van der Waals surface area (Å²) >= 11 is 0. The number of rotatable bonds is 2. The Labute approximate surface area is 115 Å². The number of nitrogens with zero attached hydrogens (tertiary/aromatic N) is 1. The van der Waals surface area contributed by atoms with Crippen LogP contribution in [0.3, 0.4) is 0 Å². The molecule has 0 saturated carbocycles. The van der Waals surface area contributed by atoms with E-state index in [1.165, 1.54) is 6.07 Å². The number of alkyl halides is 6. The summed E-state index contributed by atoms with van der Waals surface area (Å²) in [5, 5.41) is 0.0308. The first kappa shape index (κ1) is 15.6. The van der Waals surface area contributed by atoms with Crippen LogP contribution in [-0.4, -0.2) is 11.5 Å². The van der Waals surface area contributed by atoms with Crippen molar-refractivity contribution < 1.29 is 26.3 Å². The van der Waals surface area contributed by atoms with Gasteiger partial charge in [0.1, 0.15) is 5.69 Å². The van der Waals surface area contributed by atoms with Crippen molar-refractivity contribution in [1.29, 1.82) is 0 Å². The second-order valence-electron chi connectivity index (χ2n) is 4.40. The van der Waals surface area contributed by atoms with Gasteiger partial charge in [0.15, 0.2) is 0 Å². The van der Waals surface area contributed by atoms with E-state index in [9.17, 15) is 26.3 Å². The highest BCUT2D eigenvalue weighted by Crippen LogP contribution is 2.37. The van der Waals surface area contributed by atoms with Crippen molar-refractivity contribution in [2.45, 2.75) is 18.8 Å². The highest BCUT2D eigenvalue weighted by atomic mass is 19.4. The van der Waals surface area contributed by atoms with Crippen LogP contribution >= 0.6 is 0 Å². The van der Waals surface area contributed by atoms with Gasteiger partial charge < -0.3 is 5.73 Å². The number of aromatic nitrogens is 1. The number of para-hydroxylation sites is 1. The van der Waals surface area contributed by atoms with Crippen LogP contribution in [0.25, 0.3) is 10.9 Å². The van der Waals surface area contributed by atoms with Crippen LogP contribution in [0.15, 0.2) is 24.3 Å². The maximum absolute atomic E-state index is 12.9. The summed E-state index contributed by atoms with van der Waals surface area (Å²) in [7, 11) is 0. The van der Waals surface area contributed by atoms with Crippen molar-refractivity contribution >= 4 is 10.9 Å². The van der Waals surface area contributed by atoms with Crippen molar-refractivity contribution in [3.63, 3.8) is 0 Å². The van der Waals surface area contributed by atoms with Gasteiger partial charge in [0.25, 0.3) is 0 Å². The molecule has 114 valence electrons. The lowest BCUT2D eigenvalue weighted by Gasteiger charge is -2.15. The van der Waals surface area contributed by atoms with E-state index < -0.39 is 29.1 Å². The largest absolute Gasteiger partial charge is 0.433 e. The molecule has 0 amide bonds. The highest BCUT2D eigenvalue weighted by Gasteiger charge is 2.37. The zero-order chi connectivity index (χ0) is 15.8. The fraction of sp³-hybridized carbons (Fsp3) is 0.308. The third kappa shape index (κ3) is 3.10. The predicted octanol–water partition coefficient (Wildman–Crippen LogP) is 3.77. The zero-order valence-corrected chi connectivity index (χ0v) is 10.5. The molecule has 0 aliphatic carbocycles. The number of pyridine rings is 1. The summed E-state index contributed by atoms with van der Waals surface area (Å²) in [6.07, 6.45) is -9.57. The Morgan fingerprint density at radius 3 is 2.19 bits per heavy atom. The molecule has 2 rings (SSSR count). The van der Waals surface area contributed by atoms with E-state index in [0.717, 1.165) is 12.1 Å². The van der Waals surface area contributed by atoms with E-state index in [1.54, 1.807) is 0 Å². The molecule has 2 N–H and O–H groups in total. The van der Waals surface area contributed by atoms with Gasteiger partial charge in [0.2, 0.25) is 0 Å². The first-order valence-electron chi connectivity index (χ1n) is 5.91. The van der Waals surface area contributed by atoms with Crippen LogP contribution in [0.5, 0.6) is 0 Å². The van der Waals surface area contributed by atoms with E-state index in [1.807, 2.05) is 0 Å². The van der Waals surface area contributed by atoms with Crippen molar-refractivity contribution in [2.24, 2.45) is 5.73 Å². The van der Waals surface area contributed by atoms with Gasteiger partial charge in [-0.05, 0) is 30.7 Å². The van der Waals surface area contributed by atoms with Crippen molar-refractivity contribution in [3.8, 4) is 0 Å². The first-order valence-corrected chi connectivity index (χ1v) is 5.91. The average Bonchev–Trinajstić information content (AvgIpc) is 2.36. The van der Waals surface area contributed by atoms with Gasteiger partial charge in [0, 0.05) is 5.39 Å².